The molecule has 4 atom stereocenters. The molecule has 0 heterocycles. The summed E-state index contributed by atoms with van der Waals surface area (Å²) >= 11 is 0. The second-order valence-corrected chi connectivity index (χ2v) is 13.7. The fraction of sp³-hybridized carbons (Fsp3) is 0.500. The summed E-state index contributed by atoms with van der Waals surface area (Å²) in [4.78, 5) is 37.4. The maximum absolute atomic E-state index is 15.1. The Bertz CT molecular complexity index is 1570. The van der Waals surface area contributed by atoms with Crippen LogP contribution in [0.25, 0.3) is 0 Å². The number of amides is 2. The SMILES string of the molecule is COc1cc(F)c([C@H]2CC[C@H](C(=O)O)CC2)cc1C(=O)N[C@@H]1[C@H]2CC[C@H](C2)[C@@H]1C(=O)Nc1cccc(S(=O)(=O)C(F)(F)F)c1. The van der Waals surface area contributed by atoms with Crippen LogP contribution in [0.2, 0.25) is 0 Å². The maximum Gasteiger partial charge on any atom is 0.501 e. The van der Waals surface area contributed by atoms with Crippen LogP contribution >= 0.6 is 0 Å². The molecule has 3 aliphatic rings. The van der Waals surface area contributed by atoms with Crippen LogP contribution in [0.4, 0.5) is 23.2 Å². The Kier molecular flexibility index (Phi) is 8.67. The van der Waals surface area contributed by atoms with Gasteiger partial charge in [0.2, 0.25) is 5.91 Å². The molecule has 238 valence electrons. The van der Waals surface area contributed by atoms with E-state index in [0.29, 0.717) is 38.5 Å². The highest BCUT2D eigenvalue weighted by molar-refractivity contribution is 7.92. The zero-order valence-corrected chi connectivity index (χ0v) is 24.5. The molecule has 3 N–H and O–H groups in total. The number of carboxylic acids is 1. The molecule has 3 saturated carbocycles. The van der Waals surface area contributed by atoms with Crippen molar-refractivity contribution in [3.8, 4) is 5.75 Å². The van der Waals surface area contributed by atoms with Gasteiger partial charge in [0, 0.05) is 17.8 Å². The molecule has 0 saturated heterocycles. The van der Waals surface area contributed by atoms with E-state index in [1.807, 2.05) is 0 Å². The molecule has 0 radical (unpaired) electrons. The Hall–Kier alpha value is -3.68. The third-order valence-electron chi connectivity index (χ3n) is 9.31. The third-order valence-corrected chi connectivity index (χ3v) is 10.8. The molecule has 0 spiro atoms. The number of rotatable bonds is 8. The number of hydrogen-bond donors (Lipinski definition) is 3. The minimum atomic E-state index is -5.62. The van der Waals surface area contributed by atoms with E-state index < -0.39 is 61.7 Å². The first kappa shape index (κ1) is 31.7. The van der Waals surface area contributed by atoms with E-state index in [1.54, 1.807) is 0 Å². The summed E-state index contributed by atoms with van der Waals surface area (Å²) in [5, 5.41) is 14.7. The molecular formula is C30H32F4N2O7S. The topological polar surface area (TPSA) is 139 Å². The maximum atomic E-state index is 15.1. The van der Waals surface area contributed by atoms with Crippen LogP contribution in [0.5, 0.6) is 5.75 Å². The molecule has 2 amide bonds. The van der Waals surface area contributed by atoms with E-state index in [1.165, 1.54) is 19.2 Å². The van der Waals surface area contributed by atoms with Gasteiger partial charge in [0.05, 0.1) is 29.4 Å². The first-order chi connectivity index (χ1) is 20.7. The van der Waals surface area contributed by atoms with Crippen molar-refractivity contribution in [2.75, 3.05) is 12.4 Å². The summed E-state index contributed by atoms with van der Waals surface area (Å²) < 4.78 is 83.3. The van der Waals surface area contributed by atoms with Gasteiger partial charge in [0.15, 0.2) is 0 Å². The van der Waals surface area contributed by atoms with Gasteiger partial charge in [-0.3, -0.25) is 14.4 Å². The number of sulfone groups is 1. The molecule has 0 aliphatic heterocycles. The number of anilines is 1. The van der Waals surface area contributed by atoms with Crippen LogP contribution in [0, 0.1) is 29.5 Å². The highest BCUT2D eigenvalue weighted by Crippen LogP contribution is 2.49. The lowest BCUT2D eigenvalue weighted by Gasteiger charge is -2.31. The number of nitrogens with one attached hydrogen (secondary N) is 2. The molecule has 3 fully saturated rings. The van der Waals surface area contributed by atoms with E-state index in [4.69, 9.17) is 4.74 Å². The van der Waals surface area contributed by atoms with E-state index >= 15 is 4.39 Å². The van der Waals surface area contributed by atoms with Crippen molar-refractivity contribution in [2.45, 2.75) is 67.3 Å². The van der Waals surface area contributed by atoms with Gasteiger partial charge in [-0.15, -0.1) is 0 Å². The van der Waals surface area contributed by atoms with Gasteiger partial charge in [-0.2, -0.15) is 13.2 Å². The summed E-state index contributed by atoms with van der Waals surface area (Å²) in [5.41, 5.74) is -5.28. The Morgan fingerprint density at radius 2 is 1.66 bits per heavy atom. The molecule has 5 rings (SSSR count). The summed E-state index contributed by atoms with van der Waals surface area (Å²) in [5.74, 6) is -4.27. The Morgan fingerprint density at radius 3 is 2.30 bits per heavy atom. The summed E-state index contributed by atoms with van der Waals surface area (Å²) in [6, 6.07) is 5.83. The van der Waals surface area contributed by atoms with E-state index in [9.17, 15) is 41.1 Å². The van der Waals surface area contributed by atoms with Crippen LogP contribution < -0.4 is 15.4 Å². The fourth-order valence-electron chi connectivity index (χ4n) is 7.09. The number of aliphatic carboxylic acids is 1. The Labute approximate surface area is 251 Å². The minimum absolute atomic E-state index is 0.00480. The van der Waals surface area contributed by atoms with Gasteiger partial charge < -0.3 is 20.5 Å². The molecule has 0 aromatic heterocycles. The molecule has 44 heavy (non-hydrogen) atoms. The molecular weight excluding hydrogens is 608 g/mol. The van der Waals surface area contributed by atoms with Crippen molar-refractivity contribution in [1.29, 1.82) is 0 Å². The molecule has 2 aromatic rings. The van der Waals surface area contributed by atoms with E-state index in [-0.39, 0.29) is 40.3 Å². The van der Waals surface area contributed by atoms with Crippen LogP contribution in [0.15, 0.2) is 41.3 Å². The predicted octanol–water partition coefficient (Wildman–Crippen LogP) is 5.27. The number of carbonyl (C=O) groups excluding carboxylic acids is 2. The van der Waals surface area contributed by atoms with Gasteiger partial charge in [0.1, 0.15) is 11.6 Å². The number of alkyl halides is 3. The molecule has 9 nitrogen and oxygen atoms in total. The lowest BCUT2D eigenvalue weighted by atomic mass is 9.78. The van der Waals surface area contributed by atoms with Gasteiger partial charge in [-0.1, -0.05) is 6.07 Å². The van der Waals surface area contributed by atoms with Gasteiger partial charge >= 0.3 is 11.5 Å². The number of hydrogen-bond acceptors (Lipinski definition) is 6. The highest BCUT2D eigenvalue weighted by atomic mass is 32.2. The minimum Gasteiger partial charge on any atom is -0.496 e. The number of carboxylic acid groups (broad SMARTS) is 1. The fourth-order valence-corrected chi connectivity index (χ4v) is 7.90. The molecule has 0 unspecified atom stereocenters. The predicted molar refractivity (Wildman–Crippen MR) is 149 cm³/mol. The van der Waals surface area contributed by atoms with Gasteiger partial charge in [0.25, 0.3) is 15.7 Å². The van der Waals surface area contributed by atoms with Crippen LogP contribution in [-0.4, -0.2) is 50.0 Å². The molecule has 2 bridgehead atoms. The van der Waals surface area contributed by atoms with Crippen molar-refractivity contribution in [1.82, 2.24) is 5.32 Å². The second kappa shape index (κ2) is 12.0. The Morgan fingerprint density at radius 1 is 0.977 bits per heavy atom. The summed E-state index contributed by atoms with van der Waals surface area (Å²) in [7, 11) is -4.32. The van der Waals surface area contributed by atoms with Crippen LogP contribution in [0.1, 0.15) is 66.8 Å². The lowest BCUT2D eigenvalue weighted by Crippen LogP contribution is -2.48. The zero-order valence-electron chi connectivity index (χ0n) is 23.7. The standard InChI is InChI=1S/C30H32F4N2O7S/c1-43-24-14-23(31)21(15-5-7-16(8-6-15)29(39)40)13-22(24)27(37)36-26-18-10-9-17(11-18)25(26)28(38)35-19-3-2-4-20(12-19)44(41,42)30(32,33)34/h2-4,12-18,25-26H,5-11H2,1H3,(H,35,38)(H,36,37)(H,39,40)/t15-,16-,17-,18+,25+,26-/m1/s1. The van der Waals surface area contributed by atoms with Crippen molar-refractivity contribution in [3.05, 3.63) is 53.3 Å². The average molecular weight is 641 g/mol. The lowest BCUT2D eigenvalue weighted by molar-refractivity contribution is -0.142. The highest BCUT2D eigenvalue weighted by Gasteiger charge is 2.52. The number of carbonyl (C=O) groups is 3. The smallest absolute Gasteiger partial charge is 0.496 e. The van der Waals surface area contributed by atoms with Gasteiger partial charge in [-0.25, -0.2) is 12.8 Å². The quantitative estimate of drug-likeness (QED) is 0.334. The first-order valence-electron chi connectivity index (χ1n) is 14.3. The summed E-state index contributed by atoms with van der Waals surface area (Å²) in [6.07, 6.45) is 3.77. The van der Waals surface area contributed by atoms with Crippen molar-refractivity contribution >= 4 is 33.3 Å². The van der Waals surface area contributed by atoms with Crippen molar-refractivity contribution in [3.63, 3.8) is 0 Å². The average Bonchev–Trinajstić information content (AvgIpc) is 3.58. The third kappa shape index (κ3) is 6.00. The molecule has 14 heteroatoms. The Balaban J connectivity index is 1.35. The number of methoxy groups -OCH3 is 1. The molecule has 3 aliphatic carbocycles. The molecule has 2 aromatic carbocycles. The number of halogens is 4. The normalized spacial score (nSPS) is 26.7. The number of ether oxygens (including phenoxy) is 1. The largest absolute Gasteiger partial charge is 0.501 e. The zero-order chi connectivity index (χ0) is 32.0. The van der Waals surface area contributed by atoms with E-state index in [2.05, 4.69) is 10.6 Å². The second-order valence-electron chi connectivity index (χ2n) is 11.8. The van der Waals surface area contributed by atoms with Crippen LogP contribution in [-0.2, 0) is 19.4 Å². The van der Waals surface area contributed by atoms with Crippen LogP contribution in [0.3, 0.4) is 0 Å². The van der Waals surface area contributed by atoms with Crippen molar-refractivity contribution < 1.29 is 50.2 Å². The monoisotopic (exact) mass is 640 g/mol. The number of benzene rings is 2. The number of fused-ring (bicyclic) bond motifs is 2. The van der Waals surface area contributed by atoms with Crippen molar-refractivity contribution in [2.24, 2.45) is 23.7 Å². The van der Waals surface area contributed by atoms with Gasteiger partial charge in [-0.05, 0) is 92.5 Å². The van der Waals surface area contributed by atoms with E-state index in [0.717, 1.165) is 30.7 Å². The summed E-state index contributed by atoms with van der Waals surface area (Å²) in [6.45, 7) is 0. The first-order valence-corrected chi connectivity index (χ1v) is 15.8.